The van der Waals surface area contributed by atoms with Crippen LogP contribution in [0, 0.1) is 0 Å². The van der Waals surface area contributed by atoms with Crippen molar-refractivity contribution in [1.82, 2.24) is 0 Å². The zero-order valence-corrected chi connectivity index (χ0v) is 10.9. The summed E-state index contributed by atoms with van der Waals surface area (Å²) in [6.45, 7) is 8.68. The molecule has 0 radical (unpaired) electrons. The first-order chi connectivity index (χ1) is 7.36. The Balaban J connectivity index is 0. The van der Waals surface area contributed by atoms with E-state index in [0.717, 1.165) is 5.69 Å². The predicted molar refractivity (Wildman–Crippen MR) is 69.4 cm³/mol. The van der Waals surface area contributed by atoms with Crippen LogP contribution in [0.1, 0.15) is 33.3 Å². The van der Waals surface area contributed by atoms with Crippen LogP contribution in [0.5, 0.6) is 0 Å². The van der Waals surface area contributed by atoms with Crippen molar-refractivity contribution in [1.29, 1.82) is 0 Å². The summed E-state index contributed by atoms with van der Waals surface area (Å²) in [5.41, 5.74) is 2.33. The van der Waals surface area contributed by atoms with Gasteiger partial charge in [-0.15, -0.1) is 0 Å². The molecule has 15 heavy (non-hydrogen) atoms. The number of benzene rings is 1. The molecule has 0 unspecified atom stereocenters. The molecule has 0 amide bonds. The molecular formula is C13H25NO. The molecule has 2 heteroatoms. The minimum Gasteiger partial charge on any atom is -0.388 e. The second-order valence-corrected chi connectivity index (χ2v) is 2.38. The van der Waals surface area contributed by atoms with Crippen molar-refractivity contribution in [2.24, 2.45) is 0 Å². The van der Waals surface area contributed by atoms with Gasteiger partial charge in [0.15, 0.2) is 0 Å². The van der Waals surface area contributed by atoms with Gasteiger partial charge in [-0.05, 0) is 17.7 Å². The van der Waals surface area contributed by atoms with E-state index in [0.29, 0.717) is 6.61 Å². The van der Waals surface area contributed by atoms with Crippen molar-refractivity contribution in [3.63, 3.8) is 0 Å². The molecule has 0 aliphatic rings. The summed E-state index contributed by atoms with van der Waals surface area (Å²) in [4.78, 5) is 0. The van der Waals surface area contributed by atoms with E-state index in [9.17, 15) is 0 Å². The van der Waals surface area contributed by atoms with Gasteiger partial charge in [0, 0.05) is 19.8 Å². The van der Waals surface area contributed by atoms with Gasteiger partial charge in [-0.2, -0.15) is 0 Å². The fraction of sp³-hybridized carbons (Fsp3) is 0.538. The highest BCUT2D eigenvalue weighted by atomic mass is 16.5. The molecule has 0 saturated carbocycles. The smallest absolute Gasteiger partial charge is 0.0713 e. The van der Waals surface area contributed by atoms with E-state index in [2.05, 4.69) is 17.4 Å². The average Bonchev–Trinajstić information content (AvgIpc) is 2.36. The standard InChI is InChI=1S/C9H13NO.2C2H6/c1-10-9-5-3-8(4-6-9)7-11-2;2*1-2/h3-6,10H,7H2,1-2H3;2*1-2H3. The van der Waals surface area contributed by atoms with Crippen molar-refractivity contribution >= 4 is 5.69 Å². The van der Waals surface area contributed by atoms with Gasteiger partial charge in [0.2, 0.25) is 0 Å². The summed E-state index contributed by atoms with van der Waals surface area (Å²) in [6.07, 6.45) is 0. The van der Waals surface area contributed by atoms with Gasteiger partial charge in [-0.1, -0.05) is 39.8 Å². The number of rotatable bonds is 3. The van der Waals surface area contributed by atoms with Crippen LogP contribution in [0.25, 0.3) is 0 Å². The molecule has 2 nitrogen and oxygen atoms in total. The Hall–Kier alpha value is -1.02. The second kappa shape index (κ2) is 13.0. The van der Waals surface area contributed by atoms with Crippen LogP contribution in [-0.2, 0) is 11.3 Å². The molecule has 0 heterocycles. The minimum atomic E-state index is 0.685. The number of methoxy groups -OCH3 is 1. The van der Waals surface area contributed by atoms with E-state index >= 15 is 0 Å². The lowest BCUT2D eigenvalue weighted by Gasteiger charge is -2.01. The maximum absolute atomic E-state index is 4.98. The first-order valence-electron chi connectivity index (χ1n) is 5.62. The lowest BCUT2D eigenvalue weighted by atomic mass is 10.2. The van der Waals surface area contributed by atoms with Crippen molar-refractivity contribution in [3.05, 3.63) is 29.8 Å². The number of ether oxygens (including phenoxy) is 1. The van der Waals surface area contributed by atoms with Gasteiger partial charge in [-0.3, -0.25) is 0 Å². The van der Waals surface area contributed by atoms with Gasteiger partial charge < -0.3 is 10.1 Å². The Labute approximate surface area is 94.7 Å². The van der Waals surface area contributed by atoms with E-state index in [1.54, 1.807) is 7.11 Å². The van der Waals surface area contributed by atoms with Gasteiger partial charge in [0.25, 0.3) is 0 Å². The van der Waals surface area contributed by atoms with E-state index in [4.69, 9.17) is 4.74 Å². The van der Waals surface area contributed by atoms with Gasteiger partial charge >= 0.3 is 0 Å². The molecule has 0 spiro atoms. The molecule has 0 fully saturated rings. The normalized spacial score (nSPS) is 7.87. The largest absolute Gasteiger partial charge is 0.388 e. The van der Waals surface area contributed by atoms with Crippen molar-refractivity contribution < 1.29 is 4.74 Å². The van der Waals surface area contributed by atoms with Gasteiger partial charge in [-0.25, -0.2) is 0 Å². The molecule has 1 aromatic rings. The Morgan fingerprint density at radius 2 is 1.47 bits per heavy atom. The van der Waals surface area contributed by atoms with E-state index < -0.39 is 0 Å². The molecule has 0 aliphatic carbocycles. The Morgan fingerprint density at radius 3 is 1.80 bits per heavy atom. The molecule has 1 aromatic carbocycles. The summed E-state index contributed by atoms with van der Waals surface area (Å²) in [6, 6.07) is 8.17. The molecule has 0 bridgehead atoms. The Kier molecular flexibility index (Phi) is 14.2. The van der Waals surface area contributed by atoms with Crippen LogP contribution in [0.15, 0.2) is 24.3 Å². The molecule has 1 rings (SSSR count). The number of nitrogens with one attached hydrogen (secondary N) is 1. The van der Waals surface area contributed by atoms with Crippen LogP contribution >= 0.6 is 0 Å². The zero-order chi connectivity index (χ0) is 12.1. The molecule has 0 saturated heterocycles. The third-order valence-corrected chi connectivity index (χ3v) is 1.55. The average molecular weight is 211 g/mol. The van der Waals surface area contributed by atoms with Gasteiger partial charge in [0.1, 0.15) is 0 Å². The van der Waals surface area contributed by atoms with Crippen LogP contribution in [-0.4, -0.2) is 14.2 Å². The first-order valence-corrected chi connectivity index (χ1v) is 5.62. The Bertz CT molecular complexity index is 206. The third kappa shape index (κ3) is 8.01. The first kappa shape index (κ1) is 16.4. The summed E-state index contributed by atoms with van der Waals surface area (Å²) in [5, 5.41) is 3.06. The lowest BCUT2D eigenvalue weighted by Crippen LogP contribution is -1.90. The monoisotopic (exact) mass is 211 g/mol. The van der Waals surface area contributed by atoms with Crippen LogP contribution in [0.3, 0.4) is 0 Å². The molecule has 0 aliphatic heterocycles. The highest BCUT2D eigenvalue weighted by Crippen LogP contribution is 2.08. The van der Waals surface area contributed by atoms with E-state index in [1.807, 2.05) is 46.9 Å². The van der Waals surface area contributed by atoms with E-state index in [-0.39, 0.29) is 0 Å². The predicted octanol–water partition coefficient (Wildman–Crippen LogP) is 3.93. The number of hydrogen-bond donors (Lipinski definition) is 1. The van der Waals surface area contributed by atoms with Crippen molar-refractivity contribution in [3.8, 4) is 0 Å². The second-order valence-electron chi connectivity index (χ2n) is 2.38. The SMILES string of the molecule is CC.CC.CNc1ccc(COC)cc1. The molecule has 0 atom stereocenters. The number of hydrogen-bond acceptors (Lipinski definition) is 2. The maximum Gasteiger partial charge on any atom is 0.0713 e. The van der Waals surface area contributed by atoms with Crippen LogP contribution < -0.4 is 5.32 Å². The minimum absolute atomic E-state index is 0.685. The molecule has 88 valence electrons. The van der Waals surface area contributed by atoms with Crippen molar-refractivity contribution in [2.45, 2.75) is 34.3 Å². The summed E-state index contributed by atoms with van der Waals surface area (Å²) < 4.78 is 4.98. The van der Waals surface area contributed by atoms with Gasteiger partial charge in [0.05, 0.1) is 6.61 Å². The summed E-state index contributed by atoms with van der Waals surface area (Å²) in [7, 11) is 3.61. The molecular weight excluding hydrogens is 186 g/mol. The summed E-state index contributed by atoms with van der Waals surface area (Å²) >= 11 is 0. The topological polar surface area (TPSA) is 21.3 Å². The Morgan fingerprint density at radius 1 is 1.00 bits per heavy atom. The third-order valence-electron chi connectivity index (χ3n) is 1.55. The fourth-order valence-corrected chi connectivity index (χ4v) is 0.934. The van der Waals surface area contributed by atoms with Crippen molar-refractivity contribution in [2.75, 3.05) is 19.5 Å². The summed E-state index contributed by atoms with van der Waals surface area (Å²) in [5.74, 6) is 0. The number of anilines is 1. The highest BCUT2D eigenvalue weighted by Gasteiger charge is 1.90. The highest BCUT2D eigenvalue weighted by molar-refractivity contribution is 5.43. The maximum atomic E-state index is 4.98. The van der Waals surface area contributed by atoms with Crippen LogP contribution in [0.4, 0.5) is 5.69 Å². The van der Waals surface area contributed by atoms with E-state index in [1.165, 1.54) is 5.56 Å². The molecule has 0 aromatic heterocycles. The fourth-order valence-electron chi connectivity index (χ4n) is 0.934. The van der Waals surface area contributed by atoms with Crippen LogP contribution in [0.2, 0.25) is 0 Å². The zero-order valence-electron chi connectivity index (χ0n) is 10.9. The molecule has 1 N–H and O–H groups in total. The lowest BCUT2D eigenvalue weighted by molar-refractivity contribution is 0.185. The quantitative estimate of drug-likeness (QED) is 0.818.